The molecular weight excluding hydrogens is 773 g/mol. The van der Waals surface area contributed by atoms with Crippen LogP contribution in [0.25, 0.3) is 50.3 Å². The topological polar surface area (TPSA) is 167 Å². The first kappa shape index (κ1) is 41.5. The van der Waals surface area contributed by atoms with Gasteiger partial charge in [-0.25, -0.2) is 9.67 Å². The Labute approximate surface area is 355 Å². The van der Waals surface area contributed by atoms with Crippen LogP contribution in [-0.4, -0.2) is 87.1 Å². The molecule has 8 rings (SSSR count). The first-order valence-electron chi connectivity index (χ1n) is 21.0. The summed E-state index contributed by atoms with van der Waals surface area (Å²) in [4.78, 5) is 32.4. The van der Waals surface area contributed by atoms with Crippen molar-refractivity contribution in [3.63, 3.8) is 0 Å². The number of nitriles is 1. The molecule has 0 bridgehead atoms. The van der Waals surface area contributed by atoms with Gasteiger partial charge in [-0.1, -0.05) is 24.3 Å². The number of carboxylic acids is 2. The van der Waals surface area contributed by atoms with Crippen LogP contribution in [0.1, 0.15) is 73.6 Å². The highest BCUT2D eigenvalue weighted by atomic mass is 16.5. The van der Waals surface area contributed by atoms with E-state index >= 15 is 0 Å². The van der Waals surface area contributed by atoms with Gasteiger partial charge in [-0.3, -0.25) is 19.4 Å². The van der Waals surface area contributed by atoms with Gasteiger partial charge in [-0.05, 0) is 119 Å². The minimum absolute atomic E-state index is 0.267. The van der Waals surface area contributed by atoms with Crippen LogP contribution >= 0.6 is 0 Å². The largest absolute Gasteiger partial charge is 0.496 e. The number of carbonyl (C=O) groups is 2. The van der Waals surface area contributed by atoms with Gasteiger partial charge in [-0.2, -0.15) is 10.4 Å². The standard InChI is InChI=1S/C48H52N6O7/c1-28-36(8-6-9-37(28)46-51-41-21-29(20-32(24-49)45(41)61-46)26-52(2)33-16-12-30(13-17-33)47(55)56)38-10-7-11-42-39(38)25-50-54(42)35-22-43(59-4)40(44(23-35)60-5)27-53(3)34-18-14-31(15-19-34)48(57)58/h6-11,20-23,25,30-31,33-34H,12-19,26-27H2,1-5H3,(H,55,56)(H,57,58). The molecule has 0 spiro atoms. The second kappa shape index (κ2) is 17.4. The smallest absolute Gasteiger partial charge is 0.306 e. The summed E-state index contributed by atoms with van der Waals surface area (Å²) in [5.74, 6) is -0.154. The molecule has 4 aromatic carbocycles. The van der Waals surface area contributed by atoms with Gasteiger partial charge in [0, 0.05) is 48.3 Å². The lowest BCUT2D eigenvalue weighted by Crippen LogP contribution is -2.36. The van der Waals surface area contributed by atoms with Crippen molar-refractivity contribution in [2.45, 2.75) is 83.5 Å². The average molecular weight is 825 g/mol. The number of hydrogen-bond donors (Lipinski definition) is 2. The van der Waals surface area contributed by atoms with Crippen molar-refractivity contribution in [1.29, 1.82) is 5.26 Å². The van der Waals surface area contributed by atoms with Crippen molar-refractivity contribution < 1.29 is 33.7 Å². The number of aromatic nitrogens is 3. The molecule has 2 aromatic heterocycles. The molecule has 13 nitrogen and oxygen atoms in total. The summed E-state index contributed by atoms with van der Waals surface area (Å²) in [6.07, 6.45) is 7.90. The van der Waals surface area contributed by atoms with Crippen molar-refractivity contribution >= 4 is 33.9 Å². The van der Waals surface area contributed by atoms with Gasteiger partial charge in [0.15, 0.2) is 5.58 Å². The summed E-state index contributed by atoms with van der Waals surface area (Å²) in [6.45, 7) is 3.25. The number of aliphatic carboxylic acids is 2. The lowest BCUT2D eigenvalue weighted by molar-refractivity contribution is -0.144. The number of methoxy groups -OCH3 is 2. The molecule has 2 heterocycles. The molecule has 6 aromatic rings. The zero-order chi connectivity index (χ0) is 42.9. The quantitative estimate of drug-likeness (QED) is 0.114. The Hall–Kier alpha value is -6.23. The Bertz CT molecular complexity index is 2620. The maximum Gasteiger partial charge on any atom is 0.306 e. The number of hydrogen-bond acceptors (Lipinski definition) is 10. The number of rotatable bonds is 13. The first-order chi connectivity index (χ1) is 29.5. The molecule has 0 radical (unpaired) electrons. The van der Waals surface area contributed by atoms with E-state index in [2.05, 4.69) is 49.0 Å². The van der Waals surface area contributed by atoms with Crippen LogP contribution in [0.5, 0.6) is 11.5 Å². The fourth-order valence-corrected chi connectivity index (χ4v) is 9.60. The van der Waals surface area contributed by atoms with Gasteiger partial charge in [0.1, 0.15) is 23.1 Å². The van der Waals surface area contributed by atoms with Crippen LogP contribution in [0.4, 0.5) is 0 Å². The van der Waals surface area contributed by atoms with E-state index in [0.29, 0.717) is 72.8 Å². The van der Waals surface area contributed by atoms with Crippen LogP contribution in [0, 0.1) is 30.1 Å². The summed E-state index contributed by atoms with van der Waals surface area (Å²) in [6, 6.07) is 22.9. The normalized spacial score (nSPS) is 19.4. The SMILES string of the molecule is COc1cc(-n2ncc3c(-c4cccc(-c5nc6cc(CN(C)C7CCC(C(=O)O)CC7)cc(C#N)c6o5)c4C)cccc32)cc(OC)c1CN(C)C1CCC(C(=O)O)CC1. The fraction of sp³-hybridized carbons (Fsp3) is 0.396. The first-order valence-corrected chi connectivity index (χ1v) is 21.0. The van der Waals surface area contributed by atoms with E-state index < -0.39 is 11.9 Å². The van der Waals surface area contributed by atoms with Gasteiger partial charge in [0.2, 0.25) is 5.89 Å². The molecule has 0 unspecified atom stereocenters. The van der Waals surface area contributed by atoms with E-state index in [-0.39, 0.29) is 23.9 Å². The lowest BCUT2D eigenvalue weighted by Gasteiger charge is -2.34. The Balaban J connectivity index is 1.06. The second-order valence-electron chi connectivity index (χ2n) is 16.7. The van der Waals surface area contributed by atoms with Gasteiger partial charge < -0.3 is 24.1 Å². The average Bonchev–Trinajstić information content (AvgIpc) is 3.91. The van der Waals surface area contributed by atoms with E-state index in [4.69, 9.17) is 24.0 Å². The van der Waals surface area contributed by atoms with Crippen LogP contribution in [0.2, 0.25) is 0 Å². The predicted molar refractivity (Wildman–Crippen MR) is 232 cm³/mol. The van der Waals surface area contributed by atoms with Crippen LogP contribution in [0.15, 0.2) is 71.3 Å². The molecule has 2 fully saturated rings. The third-order valence-corrected chi connectivity index (χ3v) is 13.2. The number of fused-ring (bicyclic) bond motifs is 2. The van der Waals surface area contributed by atoms with Crippen molar-refractivity contribution in [2.24, 2.45) is 11.8 Å². The Morgan fingerprint density at radius 3 is 1.98 bits per heavy atom. The van der Waals surface area contributed by atoms with Gasteiger partial charge in [0.25, 0.3) is 0 Å². The molecule has 0 saturated heterocycles. The zero-order valence-corrected chi connectivity index (χ0v) is 35.4. The molecule has 0 aliphatic heterocycles. The number of nitrogens with zero attached hydrogens (tertiary/aromatic N) is 6. The van der Waals surface area contributed by atoms with Crippen LogP contribution in [-0.2, 0) is 22.7 Å². The molecule has 0 atom stereocenters. The predicted octanol–water partition coefficient (Wildman–Crippen LogP) is 8.85. The summed E-state index contributed by atoms with van der Waals surface area (Å²) >= 11 is 0. The summed E-state index contributed by atoms with van der Waals surface area (Å²) < 4.78 is 20.2. The monoisotopic (exact) mass is 824 g/mol. The van der Waals surface area contributed by atoms with Gasteiger partial charge in [-0.15, -0.1) is 0 Å². The third-order valence-electron chi connectivity index (χ3n) is 13.2. The van der Waals surface area contributed by atoms with Crippen molar-refractivity contribution in [3.8, 4) is 45.8 Å². The number of benzene rings is 4. The highest BCUT2D eigenvalue weighted by Gasteiger charge is 2.30. The molecule has 316 valence electrons. The highest BCUT2D eigenvalue weighted by molar-refractivity contribution is 5.97. The highest BCUT2D eigenvalue weighted by Crippen LogP contribution is 2.40. The summed E-state index contributed by atoms with van der Waals surface area (Å²) in [7, 11) is 7.44. The fourth-order valence-electron chi connectivity index (χ4n) is 9.60. The second-order valence-corrected chi connectivity index (χ2v) is 16.7. The molecule has 13 heteroatoms. The number of ether oxygens (including phenoxy) is 2. The lowest BCUT2D eigenvalue weighted by atomic mass is 9.85. The number of carboxylic acid groups (broad SMARTS) is 2. The summed E-state index contributed by atoms with van der Waals surface area (Å²) in [5, 5.41) is 34.9. The summed E-state index contributed by atoms with van der Waals surface area (Å²) in [5.41, 5.74) is 8.84. The van der Waals surface area contributed by atoms with Gasteiger partial charge >= 0.3 is 11.9 Å². The van der Waals surface area contributed by atoms with Crippen molar-refractivity contribution in [3.05, 3.63) is 89.1 Å². The molecule has 2 N–H and O–H groups in total. The molecule has 2 aliphatic carbocycles. The minimum Gasteiger partial charge on any atom is -0.496 e. The molecule has 2 saturated carbocycles. The molecule has 61 heavy (non-hydrogen) atoms. The van der Waals surface area contributed by atoms with Crippen LogP contribution < -0.4 is 9.47 Å². The maximum atomic E-state index is 11.5. The minimum atomic E-state index is -0.710. The van der Waals surface area contributed by atoms with E-state index in [1.54, 1.807) is 14.2 Å². The van der Waals surface area contributed by atoms with Crippen molar-refractivity contribution in [2.75, 3.05) is 28.3 Å². The van der Waals surface area contributed by atoms with E-state index in [9.17, 15) is 25.1 Å². The molecule has 0 amide bonds. The van der Waals surface area contributed by atoms with E-state index in [0.717, 1.165) is 75.7 Å². The van der Waals surface area contributed by atoms with Gasteiger partial charge in [0.05, 0.1) is 54.6 Å². The molecular formula is C48H52N6O7. The maximum absolute atomic E-state index is 11.5. The third kappa shape index (κ3) is 8.18. The Kier molecular flexibility index (Phi) is 11.8. The van der Waals surface area contributed by atoms with Crippen molar-refractivity contribution in [1.82, 2.24) is 24.6 Å². The van der Waals surface area contributed by atoms with E-state index in [1.807, 2.05) is 59.4 Å². The van der Waals surface area contributed by atoms with E-state index in [1.165, 1.54) is 0 Å². The number of oxazole rings is 1. The Morgan fingerprint density at radius 1 is 0.820 bits per heavy atom. The zero-order valence-electron chi connectivity index (χ0n) is 35.4. The molecule has 2 aliphatic rings. The Morgan fingerprint density at radius 2 is 1.39 bits per heavy atom. The van der Waals surface area contributed by atoms with Crippen LogP contribution in [0.3, 0.4) is 0 Å².